The molecule has 0 heterocycles. The molecule has 0 aliphatic heterocycles. The summed E-state index contributed by atoms with van der Waals surface area (Å²) in [6, 6.07) is 0. The van der Waals surface area contributed by atoms with Crippen LogP contribution in [-0.4, -0.2) is 10.7 Å². The first-order chi connectivity index (χ1) is 6.68. The molecule has 14 heavy (non-hydrogen) atoms. The first-order valence-corrected chi connectivity index (χ1v) is 6.10. The highest BCUT2D eigenvalue weighted by atomic mass is 16.3. The molecule has 2 aliphatic carbocycles. The van der Waals surface area contributed by atoms with E-state index in [9.17, 15) is 5.11 Å². The molecule has 1 fully saturated rings. The van der Waals surface area contributed by atoms with E-state index in [2.05, 4.69) is 19.1 Å². The summed E-state index contributed by atoms with van der Waals surface area (Å²) in [5, 5.41) is 10.4. The largest absolute Gasteiger partial charge is 0.386 e. The number of aliphatic hydroxyl groups is 1. The van der Waals surface area contributed by atoms with Crippen LogP contribution in [0, 0.1) is 11.8 Å². The fourth-order valence-electron chi connectivity index (χ4n) is 2.89. The van der Waals surface area contributed by atoms with Gasteiger partial charge in [-0.25, -0.2) is 0 Å². The van der Waals surface area contributed by atoms with Crippen molar-refractivity contribution in [1.29, 1.82) is 0 Å². The maximum absolute atomic E-state index is 10.4. The molecule has 2 aliphatic rings. The van der Waals surface area contributed by atoms with Gasteiger partial charge in [0.1, 0.15) is 0 Å². The summed E-state index contributed by atoms with van der Waals surface area (Å²) in [5.41, 5.74) is -0.457. The van der Waals surface area contributed by atoms with Gasteiger partial charge in [-0.2, -0.15) is 0 Å². The molecule has 1 saturated carbocycles. The van der Waals surface area contributed by atoms with Gasteiger partial charge in [-0.15, -0.1) is 0 Å². The van der Waals surface area contributed by atoms with Gasteiger partial charge in [0.15, 0.2) is 0 Å². The SMILES string of the molecule is CC1C=CC(O)(CC2CCCC2)CC1. The third kappa shape index (κ3) is 2.38. The molecule has 1 N–H and O–H groups in total. The van der Waals surface area contributed by atoms with E-state index in [-0.39, 0.29) is 0 Å². The first kappa shape index (κ1) is 10.2. The lowest BCUT2D eigenvalue weighted by molar-refractivity contribution is 0.0446. The molecule has 0 aromatic heterocycles. The van der Waals surface area contributed by atoms with Gasteiger partial charge in [0.2, 0.25) is 0 Å². The van der Waals surface area contributed by atoms with E-state index in [1.165, 1.54) is 25.7 Å². The average Bonchev–Trinajstić information content (AvgIpc) is 2.63. The number of hydrogen-bond donors (Lipinski definition) is 1. The molecule has 2 atom stereocenters. The molecule has 80 valence electrons. The van der Waals surface area contributed by atoms with Crippen LogP contribution >= 0.6 is 0 Å². The Balaban J connectivity index is 1.91. The zero-order valence-electron chi connectivity index (χ0n) is 9.21. The third-order valence-electron chi connectivity index (χ3n) is 3.88. The van der Waals surface area contributed by atoms with Crippen molar-refractivity contribution in [3.63, 3.8) is 0 Å². The van der Waals surface area contributed by atoms with Crippen molar-refractivity contribution in [3.05, 3.63) is 12.2 Å². The minimum Gasteiger partial charge on any atom is -0.386 e. The second-order valence-corrected chi connectivity index (χ2v) is 5.33. The summed E-state index contributed by atoms with van der Waals surface area (Å²) in [4.78, 5) is 0. The topological polar surface area (TPSA) is 20.2 Å². The molecule has 2 unspecified atom stereocenters. The standard InChI is InChI=1S/C13H22O/c1-11-6-8-13(14,9-7-11)10-12-4-2-3-5-12/h6,8,11-12,14H,2-5,7,9-10H2,1H3. The van der Waals surface area contributed by atoms with Crippen LogP contribution < -0.4 is 0 Å². The van der Waals surface area contributed by atoms with E-state index in [1.807, 2.05) is 0 Å². The van der Waals surface area contributed by atoms with E-state index >= 15 is 0 Å². The Morgan fingerprint density at radius 3 is 2.57 bits per heavy atom. The molecule has 0 bridgehead atoms. The van der Waals surface area contributed by atoms with Crippen LogP contribution in [0.3, 0.4) is 0 Å². The van der Waals surface area contributed by atoms with E-state index in [1.54, 1.807) is 0 Å². The van der Waals surface area contributed by atoms with Crippen molar-refractivity contribution in [2.45, 2.75) is 57.5 Å². The number of rotatable bonds is 2. The Labute approximate surface area is 87.2 Å². The highest BCUT2D eigenvalue weighted by molar-refractivity contribution is 5.07. The average molecular weight is 194 g/mol. The Morgan fingerprint density at radius 2 is 2.00 bits per heavy atom. The van der Waals surface area contributed by atoms with Crippen molar-refractivity contribution < 1.29 is 5.11 Å². The van der Waals surface area contributed by atoms with Gasteiger partial charge in [0.05, 0.1) is 5.60 Å². The normalized spacial score (nSPS) is 39.1. The summed E-state index contributed by atoms with van der Waals surface area (Å²) in [6.07, 6.45) is 12.8. The van der Waals surface area contributed by atoms with Crippen LogP contribution in [0.4, 0.5) is 0 Å². The highest BCUT2D eigenvalue weighted by Gasteiger charge is 2.31. The van der Waals surface area contributed by atoms with Crippen LogP contribution in [0.5, 0.6) is 0 Å². The summed E-state index contributed by atoms with van der Waals surface area (Å²) >= 11 is 0. The van der Waals surface area contributed by atoms with Crippen molar-refractivity contribution >= 4 is 0 Å². The molecule has 1 heteroatoms. The maximum atomic E-state index is 10.4. The van der Waals surface area contributed by atoms with E-state index < -0.39 is 5.60 Å². The van der Waals surface area contributed by atoms with Gasteiger partial charge in [-0.05, 0) is 31.1 Å². The van der Waals surface area contributed by atoms with Gasteiger partial charge in [-0.1, -0.05) is 44.8 Å². The van der Waals surface area contributed by atoms with Crippen LogP contribution in [0.15, 0.2) is 12.2 Å². The van der Waals surface area contributed by atoms with Crippen LogP contribution in [0.2, 0.25) is 0 Å². The fraction of sp³-hybridized carbons (Fsp3) is 0.846. The highest BCUT2D eigenvalue weighted by Crippen LogP contribution is 2.37. The van der Waals surface area contributed by atoms with Crippen molar-refractivity contribution in [2.24, 2.45) is 11.8 Å². The summed E-state index contributed by atoms with van der Waals surface area (Å²) in [6.45, 7) is 2.23. The van der Waals surface area contributed by atoms with Gasteiger partial charge in [-0.3, -0.25) is 0 Å². The Hall–Kier alpha value is -0.300. The molecular formula is C13H22O. The van der Waals surface area contributed by atoms with Crippen LogP contribution in [-0.2, 0) is 0 Å². The molecule has 1 nitrogen and oxygen atoms in total. The van der Waals surface area contributed by atoms with Gasteiger partial charge < -0.3 is 5.11 Å². The van der Waals surface area contributed by atoms with Crippen LogP contribution in [0.25, 0.3) is 0 Å². The molecule has 2 rings (SSSR count). The summed E-state index contributed by atoms with van der Waals surface area (Å²) in [5.74, 6) is 1.46. The van der Waals surface area contributed by atoms with Gasteiger partial charge >= 0.3 is 0 Å². The predicted molar refractivity (Wildman–Crippen MR) is 59.1 cm³/mol. The Morgan fingerprint density at radius 1 is 1.29 bits per heavy atom. The van der Waals surface area contributed by atoms with Gasteiger partial charge in [0.25, 0.3) is 0 Å². The van der Waals surface area contributed by atoms with Crippen molar-refractivity contribution in [3.8, 4) is 0 Å². The summed E-state index contributed by atoms with van der Waals surface area (Å²) in [7, 11) is 0. The van der Waals surface area contributed by atoms with E-state index in [4.69, 9.17) is 0 Å². The predicted octanol–water partition coefficient (Wildman–Crippen LogP) is 3.28. The fourth-order valence-corrected chi connectivity index (χ4v) is 2.89. The zero-order chi connectivity index (χ0) is 10.0. The maximum Gasteiger partial charge on any atom is 0.0830 e. The van der Waals surface area contributed by atoms with Gasteiger partial charge in [0, 0.05) is 0 Å². The van der Waals surface area contributed by atoms with E-state index in [0.29, 0.717) is 5.92 Å². The second kappa shape index (κ2) is 4.06. The summed E-state index contributed by atoms with van der Waals surface area (Å²) < 4.78 is 0. The molecule has 0 amide bonds. The monoisotopic (exact) mass is 194 g/mol. The molecule has 0 aromatic carbocycles. The van der Waals surface area contributed by atoms with E-state index in [0.717, 1.165) is 25.2 Å². The lowest BCUT2D eigenvalue weighted by atomic mass is 9.80. The molecular weight excluding hydrogens is 172 g/mol. The Kier molecular flexibility index (Phi) is 2.96. The Bertz CT molecular complexity index is 215. The lowest BCUT2D eigenvalue weighted by Crippen LogP contribution is -2.31. The minimum absolute atomic E-state index is 0.457. The smallest absolute Gasteiger partial charge is 0.0830 e. The molecule has 0 aromatic rings. The second-order valence-electron chi connectivity index (χ2n) is 5.33. The molecule has 0 spiro atoms. The zero-order valence-corrected chi connectivity index (χ0v) is 9.21. The van der Waals surface area contributed by atoms with Crippen molar-refractivity contribution in [2.75, 3.05) is 0 Å². The molecule has 0 saturated heterocycles. The van der Waals surface area contributed by atoms with Crippen molar-refractivity contribution in [1.82, 2.24) is 0 Å². The lowest BCUT2D eigenvalue weighted by Gasteiger charge is -2.32. The van der Waals surface area contributed by atoms with Crippen LogP contribution in [0.1, 0.15) is 51.9 Å². The third-order valence-corrected chi connectivity index (χ3v) is 3.88. The number of hydrogen-bond acceptors (Lipinski definition) is 1. The molecule has 0 radical (unpaired) electrons. The first-order valence-electron chi connectivity index (χ1n) is 6.10. The minimum atomic E-state index is -0.457. The number of allylic oxidation sites excluding steroid dienone is 1. The quantitative estimate of drug-likeness (QED) is 0.669.